The predicted octanol–water partition coefficient (Wildman–Crippen LogP) is 4.47. The van der Waals surface area contributed by atoms with Crippen LogP contribution in [0.1, 0.15) is 53.0 Å². The molecule has 3 heterocycles. The summed E-state index contributed by atoms with van der Waals surface area (Å²) in [5.74, 6) is -0.0350. The normalized spacial score (nSPS) is 21.3. The summed E-state index contributed by atoms with van der Waals surface area (Å²) < 4.78 is 34.3. The molecule has 5 rings (SSSR count). The molecule has 1 fully saturated rings. The van der Waals surface area contributed by atoms with Gasteiger partial charge in [0.2, 0.25) is 0 Å². The van der Waals surface area contributed by atoms with Gasteiger partial charge in [0.15, 0.2) is 5.69 Å². The molecular formula is C16H13BrF2N2O2. The van der Waals surface area contributed by atoms with Crippen molar-refractivity contribution in [2.75, 3.05) is 7.11 Å². The molecule has 23 heavy (non-hydrogen) atoms. The van der Waals surface area contributed by atoms with Gasteiger partial charge in [-0.1, -0.05) is 22.0 Å². The van der Waals surface area contributed by atoms with E-state index in [2.05, 4.69) is 25.7 Å². The van der Waals surface area contributed by atoms with Crippen LogP contribution in [-0.4, -0.2) is 22.6 Å². The van der Waals surface area contributed by atoms with Gasteiger partial charge in [0.25, 0.3) is 6.43 Å². The summed E-state index contributed by atoms with van der Waals surface area (Å²) in [5.41, 5.74) is 1.30. The van der Waals surface area contributed by atoms with Crippen LogP contribution >= 0.6 is 15.9 Å². The first-order chi connectivity index (χ1) is 11.0. The number of methoxy groups -OCH3 is 1. The number of ether oxygens (including phenoxy) is 1. The Hall–Kier alpha value is -1.76. The van der Waals surface area contributed by atoms with E-state index < -0.39 is 12.4 Å². The number of rotatable bonds is 2. The highest BCUT2D eigenvalue weighted by molar-refractivity contribution is 9.10. The van der Waals surface area contributed by atoms with Crippen molar-refractivity contribution < 1.29 is 18.3 Å². The van der Waals surface area contributed by atoms with Gasteiger partial charge in [-0.25, -0.2) is 18.6 Å². The SMILES string of the molecule is COC(=O)c1nc2n(c1C(F)F)C1CC(C1)c1ccc(Br)cc1-2. The maximum Gasteiger partial charge on any atom is 0.358 e. The zero-order chi connectivity index (χ0) is 16.3. The molecule has 1 aromatic carbocycles. The van der Waals surface area contributed by atoms with E-state index in [-0.39, 0.29) is 17.4 Å². The highest BCUT2D eigenvalue weighted by atomic mass is 79.9. The van der Waals surface area contributed by atoms with Gasteiger partial charge in [0, 0.05) is 16.1 Å². The van der Waals surface area contributed by atoms with Crippen molar-refractivity contribution in [1.82, 2.24) is 9.55 Å². The fraction of sp³-hybridized carbons (Fsp3) is 0.375. The second-order valence-electron chi connectivity index (χ2n) is 5.89. The van der Waals surface area contributed by atoms with Crippen LogP contribution in [0.15, 0.2) is 22.7 Å². The first kappa shape index (κ1) is 14.8. The van der Waals surface area contributed by atoms with Gasteiger partial charge in [-0.2, -0.15) is 0 Å². The fourth-order valence-corrected chi connectivity index (χ4v) is 3.95. The molecule has 0 spiro atoms. The Morgan fingerprint density at radius 3 is 2.83 bits per heavy atom. The molecule has 7 heteroatoms. The minimum absolute atomic E-state index is 0.0453. The third kappa shape index (κ3) is 2.06. The molecule has 0 amide bonds. The minimum Gasteiger partial charge on any atom is -0.464 e. The molecule has 1 aliphatic carbocycles. The van der Waals surface area contributed by atoms with Crippen molar-refractivity contribution in [3.8, 4) is 11.4 Å². The van der Waals surface area contributed by atoms with Gasteiger partial charge in [-0.15, -0.1) is 0 Å². The molecule has 0 N–H and O–H groups in total. The smallest absolute Gasteiger partial charge is 0.358 e. The van der Waals surface area contributed by atoms with E-state index in [4.69, 9.17) is 0 Å². The molecule has 1 aromatic heterocycles. The average Bonchev–Trinajstić information content (AvgIpc) is 2.76. The number of hydrogen-bond acceptors (Lipinski definition) is 3. The van der Waals surface area contributed by atoms with E-state index in [1.807, 2.05) is 18.2 Å². The number of imidazole rings is 1. The minimum atomic E-state index is -2.78. The summed E-state index contributed by atoms with van der Waals surface area (Å²) in [6.45, 7) is 0. The summed E-state index contributed by atoms with van der Waals surface area (Å²) in [5, 5.41) is 0. The third-order valence-electron chi connectivity index (χ3n) is 4.71. The molecule has 120 valence electrons. The topological polar surface area (TPSA) is 44.1 Å². The van der Waals surface area contributed by atoms with Crippen molar-refractivity contribution in [3.63, 3.8) is 0 Å². The summed E-state index contributed by atoms with van der Waals surface area (Å²) >= 11 is 3.42. The summed E-state index contributed by atoms with van der Waals surface area (Å²) in [6.07, 6.45) is -1.20. The molecule has 2 aliphatic heterocycles. The Morgan fingerprint density at radius 2 is 2.17 bits per heavy atom. The van der Waals surface area contributed by atoms with Crippen molar-refractivity contribution in [2.45, 2.75) is 31.2 Å². The summed E-state index contributed by atoms with van der Waals surface area (Å²) in [6, 6.07) is 5.78. The van der Waals surface area contributed by atoms with E-state index in [1.165, 1.54) is 7.11 Å². The summed E-state index contributed by atoms with van der Waals surface area (Å²) in [7, 11) is 1.17. The highest BCUT2D eigenvalue weighted by Crippen LogP contribution is 2.53. The maximum atomic E-state index is 13.6. The number of esters is 1. The van der Waals surface area contributed by atoms with Gasteiger partial charge >= 0.3 is 5.97 Å². The predicted molar refractivity (Wildman–Crippen MR) is 82.7 cm³/mol. The number of benzene rings is 1. The molecule has 0 atom stereocenters. The van der Waals surface area contributed by atoms with E-state index >= 15 is 0 Å². The number of hydrogen-bond donors (Lipinski definition) is 0. The van der Waals surface area contributed by atoms with Crippen molar-refractivity contribution >= 4 is 21.9 Å². The van der Waals surface area contributed by atoms with Gasteiger partial charge in [-0.05, 0) is 36.5 Å². The molecule has 0 saturated heterocycles. The number of halogens is 3. The van der Waals surface area contributed by atoms with Crippen LogP contribution in [0.2, 0.25) is 0 Å². The third-order valence-corrected chi connectivity index (χ3v) is 5.20. The number of alkyl halides is 2. The molecule has 2 aromatic rings. The summed E-state index contributed by atoms with van der Waals surface area (Å²) in [4.78, 5) is 16.2. The zero-order valence-electron chi connectivity index (χ0n) is 12.2. The van der Waals surface area contributed by atoms with E-state index in [0.29, 0.717) is 11.7 Å². The molecule has 0 unspecified atom stereocenters. The highest BCUT2D eigenvalue weighted by Gasteiger charge is 2.43. The van der Waals surface area contributed by atoms with Crippen LogP contribution in [0.5, 0.6) is 0 Å². The molecule has 2 bridgehead atoms. The first-order valence-corrected chi connectivity index (χ1v) is 8.09. The number of aromatic nitrogens is 2. The molecular weight excluding hydrogens is 370 g/mol. The molecule has 3 aliphatic rings. The Kier molecular flexibility index (Phi) is 3.30. The van der Waals surface area contributed by atoms with Crippen LogP contribution in [-0.2, 0) is 4.74 Å². The molecule has 1 saturated carbocycles. The van der Waals surface area contributed by atoms with Gasteiger partial charge in [-0.3, -0.25) is 0 Å². The van der Waals surface area contributed by atoms with Crippen LogP contribution in [0, 0.1) is 0 Å². The largest absolute Gasteiger partial charge is 0.464 e. The Labute approximate surface area is 139 Å². The first-order valence-electron chi connectivity index (χ1n) is 7.29. The maximum absolute atomic E-state index is 13.6. The van der Waals surface area contributed by atoms with Crippen LogP contribution in [0.4, 0.5) is 8.78 Å². The number of carbonyl (C=O) groups is 1. The van der Waals surface area contributed by atoms with Crippen LogP contribution in [0.25, 0.3) is 11.4 Å². The van der Waals surface area contributed by atoms with E-state index in [9.17, 15) is 13.6 Å². The second kappa shape index (κ2) is 5.12. The Balaban J connectivity index is 2.03. The second-order valence-corrected chi connectivity index (χ2v) is 6.80. The molecule has 4 nitrogen and oxygen atoms in total. The Morgan fingerprint density at radius 1 is 1.43 bits per heavy atom. The lowest BCUT2D eigenvalue weighted by atomic mass is 9.75. The lowest BCUT2D eigenvalue weighted by Gasteiger charge is -2.35. The average molecular weight is 383 g/mol. The van der Waals surface area contributed by atoms with Gasteiger partial charge in [0.1, 0.15) is 11.5 Å². The lowest BCUT2D eigenvalue weighted by Crippen LogP contribution is -2.25. The van der Waals surface area contributed by atoms with Crippen molar-refractivity contribution in [3.05, 3.63) is 39.6 Å². The number of nitrogens with zero attached hydrogens (tertiary/aromatic N) is 2. The van der Waals surface area contributed by atoms with Gasteiger partial charge in [0.05, 0.1) is 7.11 Å². The van der Waals surface area contributed by atoms with Crippen molar-refractivity contribution in [2.24, 2.45) is 0 Å². The number of carbonyl (C=O) groups excluding carboxylic acids is 1. The van der Waals surface area contributed by atoms with Crippen LogP contribution in [0.3, 0.4) is 0 Å². The fourth-order valence-electron chi connectivity index (χ4n) is 3.59. The quantitative estimate of drug-likeness (QED) is 0.719. The van der Waals surface area contributed by atoms with Crippen LogP contribution < -0.4 is 0 Å². The van der Waals surface area contributed by atoms with E-state index in [1.54, 1.807) is 4.57 Å². The van der Waals surface area contributed by atoms with Crippen molar-refractivity contribution in [1.29, 1.82) is 0 Å². The molecule has 0 radical (unpaired) electrons. The lowest BCUT2D eigenvalue weighted by molar-refractivity contribution is 0.0578. The zero-order valence-corrected chi connectivity index (χ0v) is 13.8. The monoisotopic (exact) mass is 382 g/mol. The van der Waals surface area contributed by atoms with Gasteiger partial charge < -0.3 is 9.30 Å². The Bertz CT molecular complexity index is 813. The standard InChI is InChI=1S/C16H13BrF2N2O2/c1-23-16(22)12-13(14(18)19)21-9-4-7(5-9)10-3-2-8(17)6-11(10)15(21)20-12/h2-3,6-7,9,14H,4-5H2,1H3. The van der Waals surface area contributed by atoms with E-state index in [0.717, 1.165) is 28.4 Å².